The lowest BCUT2D eigenvalue weighted by atomic mass is 10.0. The second kappa shape index (κ2) is 9.39. The summed E-state index contributed by atoms with van der Waals surface area (Å²) >= 11 is 6.73. The molecule has 1 aromatic heterocycles. The summed E-state index contributed by atoms with van der Waals surface area (Å²) in [5.41, 5.74) is 4.87. The maximum Gasteiger partial charge on any atom is 0.230 e. The molecule has 1 aliphatic carbocycles. The van der Waals surface area contributed by atoms with Gasteiger partial charge in [0.2, 0.25) is 11.8 Å². The van der Waals surface area contributed by atoms with Crippen LogP contribution in [0.25, 0.3) is 6.08 Å². The molecule has 1 aromatic carbocycles. The Morgan fingerprint density at radius 3 is 2.62 bits per heavy atom. The lowest BCUT2D eigenvalue weighted by molar-refractivity contribution is 0.310. The summed E-state index contributed by atoms with van der Waals surface area (Å²) in [5.74, 6) is 3.64. The summed E-state index contributed by atoms with van der Waals surface area (Å²) in [6.07, 6.45) is 5.16. The zero-order valence-electron chi connectivity index (χ0n) is 20.2. The highest BCUT2D eigenvalue weighted by Gasteiger charge is 2.21. The van der Waals surface area contributed by atoms with Crippen LogP contribution in [0.2, 0.25) is 5.02 Å². The van der Waals surface area contributed by atoms with Crippen molar-refractivity contribution in [3.05, 3.63) is 51.6 Å². The number of benzene rings is 1. The van der Waals surface area contributed by atoms with E-state index in [1.54, 1.807) is 0 Å². The first-order valence-corrected chi connectivity index (χ1v) is 12.2. The Bertz CT molecular complexity index is 1190. The van der Waals surface area contributed by atoms with Gasteiger partial charge in [-0.25, -0.2) is 0 Å². The van der Waals surface area contributed by atoms with Crippen molar-refractivity contribution in [2.45, 2.75) is 27.2 Å². The summed E-state index contributed by atoms with van der Waals surface area (Å²) in [6.45, 7) is 10.9. The summed E-state index contributed by atoms with van der Waals surface area (Å²) in [5, 5.41) is 3.98. The van der Waals surface area contributed by atoms with Crippen LogP contribution in [0, 0.1) is 5.92 Å². The zero-order valence-corrected chi connectivity index (χ0v) is 21.0. The van der Waals surface area contributed by atoms with E-state index in [9.17, 15) is 0 Å². The van der Waals surface area contributed by atoms with Gasteiger partial charge < -0.3 is 19.9 Å². The predicted molar refractivity (Wildman–Crippen MR) is 139 cm³/mol. The SMILES string of the molecule is CC1=Cc2c(ccc(Oc3cc(NC4=NCC(C(C)C)=C4)nc(N4CCN(C)CC4)n3)c2Cl)C1. The lowest BCUT2D eigenvalue weighted by Crippen LogP contribution is -2.45. The van der Waals surface area contributed by atoms with Gasteiger partial charge in [0.05, 0.1) is 11.6 Å². The highest BCUT2D eigenvalue weighted by molar-refractivity contribution is 6.33. The molecule has 0 spiro atoms. The van der Waals surface area contributed by atoms with E-state index in [2.05, 4.69) is 66.1 Å². The molecule has 0 unspecified atom stereocenters. The van der Waals surface area contributed by atoms with Crippen LogP contribution in [0.3, 0.4) is 0 Å². The van der Waals surface area contributed by atoms with E-state index in [-0.39, 0.29) is 0 Å². The number of likely N-dealkylation sites (N-methyl/N-ethyl adjacent to an activating group) is 1. The van der Waals surface area contributed by atoms with Crippen LogP contribution in [0.1, 0.15) is 31.9 Å². The van der Waals surface area contributed by atoms with E-state index in [4.69, 9.17) is 26.3 Å². The minimum Gasteiger partial charge on any atom is -0.437 e. The largest absolute Gasteiger partial charge is 0.437 e. The Labute approximate surface area is 206 Å². The number of aromatic nitrogens is 2. The Kier molecular flexibility index (Phi) is 6.32. The topological polar surface area (TPSA) is 65.9 Å². The van der Waals surface area contributed by atoms with E-state index >= 15 is 0 Å². The number of aliphatic imine (C=N–C) groups is 1. The van der Waals surface area contributed by atoms with E-state index in [1.165, 1.54) is 16.7 Å². The molecule has 3 aliphatic rings. The van der Waals surface area contributed by atoms with Crippen molar-refractivity contribution in [2.75, 3.05) is 50.0 Å². The fourth-order valence-corrected chi connectivity index (χ4v) is 4.67. The zero-order chi connectivity index (χ0) is 23.8. The Balaban J connectivity index is 1.45. The fraction of sp³-hybridized carbons (Fsp3) is 0.423. The Morgan fingerprint density at radius 1 is 1.09 bits per heavy atom. The molecule has 34 heavy (non-hydrogen) atoms. The van der Waals surface area contributed by atoms with Crippen LogP contribution in [0.4, 0.5) is 11.8 Å². The number of hydrogen-bond donors (Lipinski definition) is 1. The number of anilines is 2. The quantitative estimate of drug-likeness (QED) is 0.649. The third kappa shape index (κ3) is 4.81. The number of rotatable bonds is 5. The number of hydrogen-bond acceptors (Lipinski definition) is 7. The van der Waals surface area contributed by atoms with E-state index in [0.717, 1.165) is 50.5 Å². The Morgan fingerprint density at radius 2 is 1.88 bits per heavy atom. The minimum absolute atomic E-state index is 0.457. The second-order valence-electron chi connectivity index (χ2n) is 9.60. The number of nitrogens with one attached hydrogen (secondary N) is 1. The standard InChI is InChI=1S/C26H31ClN6O/c1-16(2)19-13-22(28-15-19)29-23-14-24(31-26(30-23)33-9-7-32(4)8-10-33)34-21-6-5-18-11-17(3)12-20(18)25(21)27/h5-6,12-14,16H,7-11,15H2,1-4H3,(H,28,29,30,31). The smallest absolute Gasteiger partial charge is 0.230 e. The van der Waals surface area contributed by atoms with Gasteiger partial charge in [0.15, 0.2) is 0 Å². The summed E-state index contributed by atoms with van der Waals surface area (Å²) < 4.78 is 6.24. The first-order valence-electron chi connectivity index (χ1n) is 11.9. The molecule has 2 aliphatic heterocycles. The maximum atomic E-state index is 6.73. The molecule has 8 heteroatoms. The third-order valence-electron chi connectivity index (χ3n) is 6.54. The molecule has 0 saturated carbocycles. The van der Waals surface area contributed by atoms with Gasteiger partial charge in [-0.15, -0.1) is 0 Å². The van der Waals surface area contributed by atoms with Gasteiger partial charge in [-0.3, -0.25) is 4.99 Å². The first-order chi connectivity index (χ1) is 16.4. The summed E-state index contributed by atoms with van der Waals surface area (Å²) in [4.78, 5) is 18.7. The molecule has 3 heterocycles. The number of piperazine rings is 1. The maximum absolute atomic E-state index is 6.73. The van der Waals surface area contributed by atoms with Gasteiger partial charge in [0, 0.05) is 37.8 Å². The number of amidine groups is 1. The number of nitrogens with zero attached hydrogens (tertiary/aromatic N) is 5. The predicted octanol–water partition coefficient (Wildman–Crippen LogP) is 5.04. The molecule has 0 bridgehead atoms. The van der Waals surface area contributed by atoms with Gasteiger partial charge in [0.1, 0.15) is 17.4 Å². The van der Waals surface area contributed by atoms with Crippen molar-refractivity contribution in [3.63, 3.8) is 0 Å². The van der Waals surface area contributed by atoms with Crippen molar-refractivity contribution in [1.82, 2.24) is 14.9 Å². The second-order valence-corrected chi connectivity index (χ2v) is 9.98. The number of halogens is 1. The Hall–Kier alpha value is -2.90. The first kappa shape index (κ1) is 22.9. The molecule has 0 atom stereocenters. The lowest BCUT2D eigenvalue weighted by Gasteiger charge is -2.32. The van der Waals surface area contributed by atoms with Gasteiger partial charge in [-0.2, -0.15) is 9.97 Å². The van der Waals surface area contributed by atoms with Crippen LogP contribution in [-0.4, -0.2) is 60.5 Å². The monoisotopic (exact) mass is 478 g/mol. The molecule has 0 amide bonds. The van der Waals surface area contributed by atoms with E-state index in [0.29, 0.717) is 34.3 Å². The highest BCUT2D eigenvalue weighted by atomic mass is 35.5. The average molecular weight is 479 g/mol. The molecule has 1 N–H and O–H groups in total. The van der Waals surface area contributed by atoms with Crippen molar-refractivity contribution in [3.8, 4) is 11.6 Å². The minimum atomic E-state index is 0.457. The van der Waals surface area contributed by atoms with Gasteiger partial charge in [-0.05, 0) is 49.6 Å². The number of ether oxygens (including phenoxy) is 1. The molecule has 178 valence electrons. The molecule has 2 aromatic rings. The highest BCUT2D eigenvalue weighted by Crippen LogP contribution is 2.39. The molecule has 1 saturated heterocycles. The van der Waals surface area contributed by atoms with Crippen LogP contribution in [0.15, 0.2) is 40.4 Å². The van der Waals surface area contributed by atoms with Gasteiger partial charge >= 0.3 is 0 Å². The van der Waals surface area contributed by atoms with Crippen LogP contribution < -0.4 is 15.0 Å². The molecular formula is C26H31ClN6O. The van der Waals surface area contributed by atoms with E-state index < -0.39 is 0 Å². The fourth-order valence-electron chi connectivity index (χ4n) is 4.39. The summed E-state index contributed by atoms with van der Waals surface area (Å²) in [6, 6.07) is 5.82. The normalized spacial score (nSPS) is 18.1. The van der Waals surface area contributed by atoms with Crippen molar-refractivity contribution < 1.29 is 4.74 Å². The summed E-state index contributed by atoms with van der Waals surface area (Å²) in [7, 11) is 2.13. The van der Waals surface area contributed by atoms with Gasteiger partial charge in [0.25, 0.3) is 0 Å². The van der Waals surface area contributed by atoms with Crippen molar-refractivity contribution in [2.24, 2.45) is 10.9 Å². The van der Waals surface area contributed by atoms with Crippen LogP contribution in [0.5, 0.6) is 11.6 Å². The average Bonchev–Trinajstić information content (AvgIpc) is 3.43. The molecular weight excluding hydrogens is 448 g/mol. The van der Waals surface area contributed by atoms with E-state index in [1.807, 2.05) is 12.1 Å². The van der Waals surface area contributed by atoms with Gasteiger partial charge in [-0.1, -0.05) is 43.2 Å². The number of allylic oxidation sites excluding steroid dienone is 1. The van der Waals surface area contributed by atoms with Crippen LogP contribution >= 0.6 is 11.6 Å². The molecule has 7 nitrogen and oxygen atoms in total. The molecule has 1 fully saturated rings. The third-order valence-corrected chi connectivity index (χ3v) is 6.93. The molecule has 5 rings (SSSR count). The number of fused-ring (bicyclic) bond motifs is 1. The molecule has 0 radical (unpaired) electrons. The van der Waals surface area contributed by atoms with Crippen molar-refractivity contribution >= 4 is 35.3 Å². The van der Waals surface area contributed by atoms with Crippen LogP contribution in [-0.2, 0) is 6.42 Å². The van der Waals surface area contributed by atoms with Crippen molar-refractivity contribution in [1.29, 1.82) is 0 Å².